The number of nitrogens with one attached hydrogen (secondary N) is 2. The van der Waals surface area contributed by atoms with Crippen molar-refractivity contribution >= 4 is 44.5 Å². The summed E-state index contributed by atoms with van der Waals surface area (Å²) in [5.74, 6) is 1.04. The highest BCUT2D eigenvalue weighted by Gasteiger charge is 2.25. The van der Waals surface area contributed by atoms with Crippen LogP contribution in [-0.2, 0) is 16.1 Å². The third-order valence-corrected chi connectivity index (χ3v) is 5.38. The molecule has 0 saturated carbocycles. The van der Waals surface area contributed by atoms with Crippen molar-refractivity contribution < 1.29 is 9.53 Å². The largest absolute Gasteiger partial charge is 0.378 e. The maximum atomic E-state index is 11.8. The number of nitrogens with zero attached hydrogens (tertiary/aromatic N) is 5. The van der Waals surface area contributed by atoms with E-state index in [0.29, 0.717) is 36.6 Å². The molecule has 29 heavy (non-hydrogen) atoms. The number of rotatable bonds is 7. The zero-order chi connectivity index (χ0) is 20.2. The van der Waals surface area contributed by atoms with Gasteiger partial charge in [-0.15, -0.1) is 0 Å². The number of methoxy groups -OCH3 is 1. The van der Waals surface area contributed by atoms with Crippen LogP contribution in [0.2, 0.25) is 0 Å². The Morgan fingerprint density at radius 2 is 2.34 bits per heavy atom. The maximum Gasteiger partial charge on any atom is 0.246 e. The van der Waals surface area contributed by atoms with Gasteiger partial charge in [-0.1, -0.05) is 17.9 Å². The normalized spacial score (nSPS) is 16.2. The summed E-state index contributed by atoms with van der Waals surface area (Å²) in [4.78, 5) is 32.4. The van der Waals surface area contributed by atoms with Crippen molar-refractivity contribution in [2.24, 2.45) is 0 Å². The molecular weight excluding hydrogens is 390 g/mol. The van der Waals surface area contributed by atoms with E-state index >= 15 is 0 Å². The number of carbonyl (C=O) groups is 1. The predicted molar refractivity (Wildman–Crippen MR) is 112 cm³/mol. The lowest BCUT2D eigenvalue weighted by Gasteiger charge is -2.16. The molecule has 0 spiro atoms. The molecule has 9 nitrogen and oxygen atoms in total. The van der Waals surface area contributed by atoms with Crippen LogP contribution in [0.15, 0.2) is 37.1 Å². The van der Waals surface area contributed by atoms with Gasteiger partial charge in [0.15, 0.2) is 5.13 Å². The molecule has 3 aromatic heterocycles. The minimum atomic E-state index is -0.0600. The average molecular weight is 411 g/mol. The fourth-order valence-electron chi connectivity index (χ4n) is 3.17. The zero-order valence-corrected chi connectivity index (χ0v) is 16.8. The van der Waals surface area contributed by atoms with Crippen molar-refractivity contribution in [1.29, 1.82) is 0 Å². The fraction of sp³-hybridized carbons (Fsp3) is 0.316. The first kappa shape index (κ1) is 19.2. The fourth-order valence-corrected chi connectivity index (χ4v) is 3.99. The summed E-state index contributed by atoms with van der Waals surface area (Å²) in [7, 11) is 1.62. The summed E-state index contributed by atoms with van der Waals surface area (Å²) in [6.45, 7) is 5.18. The predicted octanol–water partition coefficient (Wildman–Crippen LogP) is 2.57. The lowest BCUT2D eigenvalue weighted by Crippen LogP contribution is -2.30. The van der Waals surface area contributed by atoms with Crippen LogP contribution >= 0.6 is 11.3 Å². The van der Waals surface area contributed by atoms with Gasteiger partial charge in [-0.05, 0) is 24.6 Å². The van der Waals surface area contributed by atoms with Crippen LogP contribution in [0.3, 0.4) is 0 Å². The molecule has 0 unspecified atom stereocenters. The van der Waals surface area contributed by atoms with E-state index in [9.17, 15) is 4.79 Å². The second kappa shape index (κ2) is 8.50. The number of fused-ring (bicyclic) bond motifs is 1. The van der Waals surface area contributed by atoms with Crippen molar-refractivity contribution in [3.05, 3.63) is 42.7 Å². The highest BCUT2D eigenvalue weighted by atomic mass is 32.1. The van der Waals surface area contributed by atoms with Gasteiger partial charge in [0, 0.05) is 38.5 Å². The molecule has 1 aliphatic heterocycles. The van der Waals surface area contributed by atoms with Crippen LogP contribution in [0, 0.1) is 0 Å². The minimum absolute atomic E-state index is 0.0600. The summed E-state index contributed by atoms with van der Waals surface area (Å²) >= 11 is 1.46. The van der Waals surface area contributed by atoms with Crippen molar-refractivity contribution in [1.82, 2.24) is 24.8 Å². The molecule has 4 rings (SSSR count). The Morgan fingerprint density at radius 1 is 1.45 bits per heavy atom. The van der Waals surface area contributed by atoms with Gasteiger partial charge in [0.1, 0.15) is 16.2 Å². The lowest BCUT2D eigenvalue weighted by molar-refractivity contribution is -0.125. The number of aromatic nitrogens is 4. The molecule has 0 aliphatic carbocycles. The third kappa shape index (κ3) is 4.49. The minimum Gasteiger partial charge on any atom is -0.378 e. The Balaban J connectivity index is 1.52. The smallest absolute Gasteiger partial charge is 0.246 e. The number of amides is 1. The highest BCUT2D eigenvalue weighted by molar-refractivity contribution is 7.21. The molecule has 2 N–H and O–H groups in total. The van der Waals surface area contributed by atoms with Crippen LogP contribution in [-0.4, -0.2) is 57.0 Å². The van der Waals surface area contributed by atoms with Gasteiger partial charge in [-0.25, -0.2) is 15.0 Å². The number of likely N-dealkylation sites (tertiary alicyclic amines) is 1. The van der Waals surface area contributed by atoms with Gasteiger partial charge in [0.25, 0.3) is 0 Å². The van der Waals surface area contributed by atoms with Gasteiger partial charge in [-0.2, -0.15) is 4.98 Å². The van der Waals surface area contributed by atoms with Crippen LogP contribution in [0.5, 0.6) is 0 Å². The third-order valence-electron chi connectivity index (χ3n) is 4.48. The van der Waals surface area contributed by atoms with Gasteiger partial charge >= 0.3 is 0 Å². The van der Waals surface area contributed by atoms with E-state index in [1.165, 1.54) is 17.4 Å². The van der Waals surface area contributed by atoms with Crippen LogP contribution < -0.4 is 10.6 Å². The summed E-state index contributed by atoms with van der Waals surface area (Å²) in [6, 6.07) is 5.69. The molecule has 1 fully saturated rings. The number of thiazole rings is 1. The van der Waals surface area contributed by atoms with Gasteiger partial charge < -0.3 is 20.3 Å². The van der Waals surface area contributed by atoms with E-state index in [-0.39, 0.29) is 11.9 Å². The standard InChI is InChI=1S/C19H21N7O2S/c1-3-16(27)26-8-6-12(10-26)21-18-22-13(11-28-2)9-15(24-18)25-19-23-14-5-4-7-20-17(14)29-19/h3-5,7,9,12H,1,6,8,10-11H2,2H3,(H2,21,22,23,24,25)/t12-/m1/s1. The number of hydrogen-bond donors (Lipinski definition) is 2. The lowest BCUT2D eigenvalue weighted by atomic mass is 10.3. The van der Waals surface area contributed by atoms with Crippen LogP contribution in [0.4, 0.5) is 16.9 Å². The summed E-state index contributed by atoms with van der Waals surface area (Å²) < 4.78 is 5.24. The molecule has 1 atom stereocenters. The van der Waals surface area contributed by atoms with Gasteiger partial charge in [0.2, 0.25) is 11.9 Å². The Labute approximate surface area is 171 Å². The Kier molecular flexibility index (Phi) is 5.63. The summed E-state index contributed by atoms with van der Waals surface area (Å²) in [6.07, 6.45) is 3.91. The van der Waals surface area contributed by atoms with E-state index < -0.39 is 0 Å². The number of carbonyl (C=O) groups excluding carboxylic acids is 1. The second-order valence-corrected chi connectivity index (χ2v) is 7.57. The number of pyridine rings is 1. The molecule has 0 aromatic carbocycles. The maximum absolute atomic E-state index is 11.8. The summed E-state index contributed by atoms with van der Waals surface area (Å²) in [5, 5.41) is 7.27. The second-order valence-electron chi connectivity index (χ2n) is 6.59. The molecule has 10 heteroatoms. The van der Waals surface area contributed by atoms with Gasteiger partial charge in [0.05, 0.1) is 12.3 Å². The molecule has 1 aliphatic rings. The summed E-state index contributed by atoms with van der Waals surface area (Å²) in [5.41, 5.74) is 1.58. The van der Waals surface area contributed by atoms with Crippen molar-refractivity contribution in [2.75, 3.05) is 30.8 Å². The van der Waals surface area contributed by atoms with E-state index in [4.69, 9.17) is 4.74 Å². The quantitative estimate of drug-likeness (QED) is 0.572. The number of anilines is 3. The highest BCUT2D eigenvalue weighted by Crippen LogP contribution is 2.26. The number of ether oxygens (including phenoxy) is 1. The van der Waals surface area contributed by atoms with E-state index in [1.54, 1.807) is 18.2 Å². The van der Waals surface area contributed by atoms with E-state index in [2.05, 4.69) is 37.1 Å². The SMILES string of the molecule is C=CC(=O)N1CC[C@@H](Nc2nc(COC)cc(Nc3nc4cccnc4s3)n2)C1. The first-order valence-electron chi connectivity index (χ1n) is 9.18. The first-order valence-corrected chi connectivity index (χ1v) is 9.99. The average Bonchev–Trinajstić information content (AvgIpc) is 3.33. The van der Waals surface area contributed by atoms with E-state index in [1.807, 2.05) is 18.2 Å². The molecule has 150 valence electrons. The topological polar surface area (TPSA) is 105 Å². The van der Waals surface area contributed by atoms with Crippen LogP contribution in [0.25, 0.3) is 10.3 Å². The van der Waals surface area contributed by atoms with Crippen molar-refractivity contribution in [2.45, 2.75) is 19.1 Å². The van der Waals surface area contributed by atoms with Crippen LogP contribution in [0.1, 0.15) is 12.1 Å². The zero-order valence-electron chi connectivity index (χ0n) is 16.0. The van der Waals surface area contributed by atoms with E-state index in [0.717, 1.165) is 22.5 Å². The Bertz CT molecular complexity index is 1010. The molecule has 1 saturated heterocycles. The first-order chi connectivity index (χ1) is 14.1. The molecule has 1 amide bonds. The Hall–Kier alpha value is -3.11. The monoisotopic (exact) mass is 411 g/mol. The molecular formula is C19H21N7O2S. The molecule has 0 radical (unpaired) electrons. The molecule has 0 bridgehead atoms. The number of hydrogen-bond acceptors (Lipinski definition) is 9. The van der Waals surface area contributed by atoms with Crippen molar-refractivity contribution in [3.8, 4) is 0 Å². The Morgan fingerprint density at radius 3 is 3.14 bits per heavy atom. The van der Waals surface area contributed by atoms with Crippen molar-refractivity contribution in [3.63, 3.8) is 0 Å². The van der Waals surface area contributed by atoms with Gasteiger partial charge in [-0.3, -0.25) is 4.79 Å². The molecule has 3 aromatic rings. The molecule has 4 heterocycles.